The SMILES string of the molecule is Cc1cnnc(NC(C)CC2CC2)c1. The normalized spacial score (nSPS) is 17.9. The molecule has 1 fully saturated rings. The molecule has 1 saturated carbocycles. The van der Waals surface area contributed by atoms with Gasteiger partial charge in [-0.15, -0.1) is 5.10 Å². The lowest BCUT2D eigenvalue weighted by Crippen LogP contribution is -2.16. The van der Waals surface area contributed by atoms with Gasteiger partial charge >= 0.3 is 0 Å². The number of nitrogens with one attached hydrogen (secondary N) is 1. The molecule has 1 atom stereocenters. The quantitative estimate of drug-likeness (QED) is 0.794. The third-order valence-corrected chi connectivity index (χ3v) is 2.57. The Bertz CT molecular complexity index is 307. The summed E-state index contributed by atoms with van der Waals surface area (Å²) in [4.78, 5) is 0. The zero-order chi connectivity index (χ0) is 9.97. The van der Waals surface area contributed by atoms with Crippen molar-refractivity contribution in [3.8, 4) is 0 Å². The summed E-state index contributed by atoms with van der Waals surface area (Å²) in [5, 5.41) is 11.3. The van der Waals surface area contributed by atoms with Crippen molar-refractivity contribution in [2.45, 2.75) is 39.2 Å². The largest absolute Gasteiger partial charge is 0.366 e. The Kier molecular flexibility index (Phi) is 2.66. The van der Waals surface area contributed by atoms with E-state index >= 15 is 0 Å². The van der Waals surface area contributed by atoms with Crippen molar-refractivity contribution >= 4 is 5.82 Å². The van der Waals surface area contributed by atoms with Crippen LogP contribution in [0, 0.1) is 12.8 Å². The smallest absolute Gasteiger partial charge is 0.149 e. The molecule has 0 aromatic carbocycles. The van der Waals surface area contributed by atoms with Crippen LogP contribution in [0.15, 0.2) is 12.3 Å². The van der Waals surface area contributed by atoms with E-state index in [2.05, 4.69) is 22.4 Å². The van der Waals surface area contributed by atoms with Gasteiger partial charge in [0.25, 0.3) is 0 Å². The van der Waals surface area contributed by atoms with Gasteiger partial charge in [0.05, 0.1) is 6.20 Å². The van der Waals surface area contributed by atoms with E-state index < -0.39 is 0 Å². The molecular weight excluding hydrogens is 174 g/mol. The second-order valence-corrected chi connectivity index (χ2v) is 4.34. The summed E-state index contributed by atoms with van der Waals surface area (Å²) >= 11 is 0. The Hall–Kier alpha value is -1.12. The van der Waals surface area contributed by atoms with E-state index in [-0.39, 0.29) is 0 Å². The van der Waals surface area contributed by atoms with Gasteiger partial charge in [-0.05, 0) is 37.8 Å². The van der Waals surface area contributed by atoms with Crippen molar-refractivity contribution in [1.29, 1.82) is 0 Å². The third-order valence-electron chi connectivity index (χ3n) is 2.57. The van der Waals surface area contributed by atoms with Crippen molar-refractivity contribution in [2.24, 2.45) is 5.92 Å². The fourth-order valence-electron chi connectivity index (χ4n) is 1.70. The van der Waals surface area contributed by atoms with Crippen LogP contribution in [0.2, 0.25) is 0 Å². The number of nitrogens with zero attached hydrogens (tertiary/aromatic N) is 2. The van der Waals surface area contributed by atoms with Crippen LogP contribution >= 0.6 is 0 Å². The molecule has 0 radical (unpaired) electrons. The number of aromatic nitrogens is 2. The lowest BCUT2D eigenvalue weighted by Gasteiger charge is -2.13. The van der Waals surface area contributed by atoms with Crippen molar-refractivity contribution in [2.75, 3.05) is 5.32 Å². The first kappa shape index (κ1) is 9.44. The second kappa shape index (κ2) is 3.95. The average molecular weight is 191 g/mol. The molecule has 1 N–H and O–H groups in total. The summed E-state index contributed by atoms with van der Waals surface area (Å²) < 4.78 is 0. The van der Waals surface area contributed by atoms with Crippen LogP contribution in [0.3, 0.4) is 0 Å². The first-order valence-electron chi connectivity index (χ1n) is 5.30. The molecule has 0 amide bonds. The van der Waals surface area contributed by atoms with E-state index in [9.17, 15) is 0 Å². The lowest BCUT2D eigenvalue weighted by molar-refractivity contribution is 0.638. The predicted molar refractivity (Wildman–Crippen MR) is 57.2 cm³/mol. The Balaban J connectivity index is 1.88. The molecular formula is C11H17N3. The van der Waals surface area contributed by atoms with Gasteiger partial charge in [-0.2, -0.15) is 5.10 Å². The molecule has 0 aliphatic heterocycles. The highest BCUT2D eigenvalue weighted by molar-refractivity contribution is 5.35. The molecule has 1 aromatic rings. The van der Waals surface area contributed by atoms with Crippen molar-refractivity contribution in [3.05, 3.63) is 17.8 Å². The number of hydrogen-bond donors (Lipinski definition) is 1. The zero-order valence-corrected chi connectivity index (χ0v) is 8.83. The second-order valence-electron chi connectivity index (χ2n) is 4.34. The fourth-order valence-corrected chi connectivity index (χ4v) is 1.70. The maximum atomic E-state index is 4.05. The molecule has 0 bridgehead atoms. The van der Waals surface area contributed by atoms with Gasteiger partial charge in [-0.3, -0.25) is 0 Å². The topological polar surface area (TPSA) is 37.8 Å². The molecule has 1 aromatic heterocycles. The molecule has 1 aliphatic rings. The maximum Gasteiger partial charge on any atom is 0.149 e. The summed E-state index contributed by atoms with van der Waals surface area (Å²) in [7, 11) is 0. The van der Waals surface area contributed by atoms with E-state index in [1.165, 1.54) is 19.3 Å². The molecule has 0 spiro atoms. The van der Waals surface area contributed by atoms with Crippen molar-refractivity contribution < 1.29 is 0 Å². The lowest BCUT2D eigenvalue weighted by atomic mass is 10.1. The highest BCUT2D eigenvalue weighted by atomic mass is 15.2. The third kappa shape index (κ3) is 2.69. The van der Waals surface area contributed by atoms with E-state index in [4.69, 9.17) is 0 Å². The fraction of sp³-hybridized carbons (Fsp3) is 0.636. The van der Waals surface area contributed by atoms with Gasteiger partial charge in [0.2, 0.25) is 0 Å². The molecule has 76 valence electrons. The van der Waals surface area contributed by atoms with Gasteiger partial charge in [0.15, 0.2) is 0 Å². The molecule has 2 rings (SSSR count). The minimum Gasteiger partial charge on any atom is -0.366 e. The van der Waals surface area contributed by atoms with Gasteiger partial charge in [0, 0.05) is 6.04 Å². The summed E-state index contributed by atoms with van der Waals surface area (Å²) in [6, 6.07) is 2.55. The van der Waals surface area contributed by atoms with Gasteiger partial charge in [0.1, 0.15) is 5.82 Å². The zero-order valence-electron chi connectivity index (χ0n) is 8.83. The summed E-state index contributed by atoms with van der Waals surface area (Å²) in [6.45, 7) is 4.24. The number of hydrogen-bond acceptors (Lipinski definition) is 3. The number of rotatable bonds is 4. The Labute approximate surface area is 84.9 Å². The minimum absolute atomic E-state index is 0.513. The van der Waals surface area contributed by atoms with Crippen LogP contribution in [0.4, 0.5) is 5.82 Å². The van der Waals surface area contributed by atoms with Crippen LogP contribution in [0.25, 0.3) is 0 Å². The summed E-state index contributed by atoms with van der Waals surface area (Å²) in [6.07, 6.45) is 5.85. The maximum absolute atomic E-state index is 4.05. The van der Waals surface area contributed by atoms with Crippen LogP contribution in [-0.2, 0) is 0 Å². The predicted octanol–water partition coefficient (Wildman–Crippen LogP) is 2.39. The first-order chi connectivity index (χ1) is 6.74. The molecule has 0 saturated heterocycles. The number of aryl methyl sites for hydroxylation is 1. The highest BCUT2D eigenvalue weighted by Crippen LogP contribution is 2.33. The van der Waals surface area contributed by atoms with Gasteiger partial charge < -0.3 is 5.32 Å². The molecule has 1 unspecified atom stereocenters. The van der Waals surface area contributed by atoms with Crippen molar-refractivity contribution in [1.82, 2.24) is 10.2 Å². The molecule has 3 heteroatoms. The Morgan fingerprint density at radius 1 is 1.57 bits per heavy atom. The molecule has 1 aliphatic carbocycles. The van der Waals surface area contributed by atoms with Gasteiger partial charge in [-0.25, -0.2) is 0 Å². The summed E-state index contributed by atoms with van der Waals surface area (Å²) in [5.41, 5.74) is 1.15. The molecule has 14 heavy (non-hydrogen) atoms. The van der Waals surface area contributed by atoms with E-state index in [1.807, 2.05) is 13.0 Å². The molecule has 1 heterocycles. The van der Waals surface area contributed by atoms with Crippen LogP contribution < -0.4 is 5.32 Å². The Morgan fingerprint density at radius 2 is 2.36 bits per heavy atom. The minimum atomic E-state index is 0.513. The van der Waals surface area contributed by atoms with E-state index in [0.717, 1.165) is 17.3 Å². The van der Waals surface area contributed by atoms with E-state index in [0.29, 0.717) is 6.04 Å². The van der Waals surface area contributed by atoms with Crippen molar-refractivity contribution in [3.63, 3.8) is 0 Å². The Morgan fingerprint density at radius 3 is 3.00 bits per heavy atom. The molecule has 3 nitrogen and oxygen atoms in total. The van der Waals surface area contributed by atoms with Gasteiger partial charge in [-0.1, -0.05) is 12.8 Å². The van der Waals surface area contributed by atoms with Crippen LogP contribution in [0.5, 0.6) is 0 Å². The monoisotopic (exact) mass is 191 g/mol. The number of anilines is 1. The standard InChI is InChI=1S/C11H17N3/c1-8-5-11(14-12-7-8)13-9(2)6-10-3-4-10/h5,7,9-10H,3-4,6H2,1-2H3,(H,13,14). The first-order valence-corrected chi connectivity index (χ1v) is 5.30. The average Bonchev–Trinajstić information content (AvgIpc) is 2.87. The van der Waals surface area contributed by atoms with E-state index in [1.54, 1.807) is 6.20 Å². The summed E-state index contributed by atoms with van der Waals surface area (Å²) in [5.74, 6) is 1.86. The van der Waals surface area contributed by atoms with Crippen LogP contribution in [-0.4, -0.2) is 16.2 Å². The highest BCUT2D eigenvalue weighted by Gasteiger charge is 2.23. The van der Waals surface area contributed by atoms with Crippen LogP contribution in [0.1, 0.15) is 31.7 Å².